The minimum Gasteiger partial charge on any atom is -0.360 e. The second kappa shape index (κ2) is 7.27. The van der Waals surface area contributed by atoms with Crippen LogP contribution in [-0.2, 0) is 5.75 Å². The van der Waals surface area contributed by atoms with E-state index in [2.05, 4.69) is 21.2 Å². The molecule has 1 N–H and O–H groups in total. The van der Waals surface area contributed by atoms with Crippen molar-refractivity contribution in [1.29, 1.82) is 0 Å². The van der Waals surface area contributed by atoms with Gasteiger partial charge in [-0.3, -0.25) is 4.99 Å². The number of aliphatic imine (C=N–C) groups is 1. The highest BCUT2D eigenvalue weighted by molar-refractivity contribution is 9.10. The molecule has 0 aromatic heterocycles. The molecule has 20 heavy (non-hydrogen) atoms. The molecule has 1 fully saturated rings. The lowest BCUT2D eigenvalue weighted by Crippen LogP contribution is -2.36. The predicted molar refractivity (Wildman–Crippen MR) is 92.3 cm³/mol. The number of hydrogen-bond donors (Lipinski definition) is 1. The van der Waals surface area contributed by atoms with E-state index in [-0.39, 0.29) is 22.8 Å². The molecule has 0 radical (unpaired) electrons. The van der Waals surface area contributed by atoms with Crippen molar-refractivity contribution in [2.24, 2.45) is 4.99 Å². The Balaban J connectivity index is 0.00000147. The van der Waals surface area contributed by atoms with E-state index < -0.39 is 0 Å². The summed E-state index contributed by atoms with van der Waals surface area (Å²) in [6.45, 7) is 0. The third-order valence-electron chi connectivity index (χ3n) is 3.69. The number of thioether (sulfide) groups is 1. The van der Waals surface area contributed by atoms with E-state index in [1.807, 2.05) is 6.07 Å². The van der Waals surface area contributed by atoms with E-state index in [9.17, 15) is 4.39 Å². The summed E-state index contributed by atoms with van der Waals surface area (Å²) in [6, 6.07) is 6.03. The van der Waals surface area contributed by atoms with Crippen LogP contribution >= 0.6 is 44.7 Å². The molecule has 1 heterocycles. The second-order valence-corrected chi connectivity index (χ2v) is 6.94. The van der Waals surface area contributed by atoms with Crippen molar-refractivity contribution >= 4 is 49.8 Å². The summed E-state index contributed by atoms with van der Waals surface area (Å²) >= 11 is 4.98. The summed E-state index contributed by atoms with van der Waals surface area (Å²) < 4.78 is 14.6. The zero-order chi connectivity index (χ0) is 13.2. The molecule has 110 valence electrons. The van der Waals surface area contributed by atoms with Gasteiger partial charge >= 0.3 is 0 Å². The highest BCUT2D eigenvalue weighted by Crippen LogP contribution is 2.28. The molecule has 1 aliphatic carbocycles. The molecule has 1 aliphatic heterocycles. The van der Waals surface area contributed by atoms with Crippen LogP contribution in [0.2, 0.25) is 0 Å². The molecule has 1 aromatic carbocycles. The summed E-state index contributed by atoms with van der Waals surface area (Å²) in [4.78, 5) is 4.71. The lowest BCUT2D eigenvalue weighted by atomic mass is 9.92. The average Bonchev–Trinajstić information content (AvgIpc) is 2.82. The van der Waals surface area contributed by atoms with Crippen molar-refractivity contribution in [3.05, 3.63) is 34.1 Å². The molecule has 2 aliphatic rings. The number of nitrogens with one attached hydrogen (secondary N) is 1. The van der Waals surface area contributed by atoms with Gasteiger partial charge in [-0.05, 0) is 36.6 Å². The second-order valence-electron chi connectivity index (χ2n) is 5.06. The number of fused-ring (bicyclic) bond motifs is 1. The first-order valence-corrected chi connectivity index (χ1v) is 8.41. The quantitative estimate of drug-likeness (QED) is 0.747. The Morgan fingerprint density at radius 2 is 2.15 bits per heavy atom. The van der Waals surface area contributed by atoms with Gasteiger partial charge in [0.1, 0.15) is 5.82 Å². The smallest absolute Gasteiger partial charge is 0.157 e. The summed E-state index contributed by atoms with van der Waals surface area (Å²) in [5.74, 6) is 0.475. The monoisotopic (exact) mass is 422 g/mol. The van der Waals surface area contributed by atoms with Crippen molar-refractivity contribution < 1.29 is 4.39 Å². The first-order valence-electron chi connectivity index (χ1n) is 6.63. The van der Waals surface area contributed by atoms with Gasteiger partial charge in [0.2, 0.25) is 0 Å². The fourth-order valence-corrected chi connectivity index (χ4v) is 4.03. The highest BCUT2D eigenvalue weighted by Gasteiger charge is 2.30. The van der Waals surface area contributed by atoms with Crippen LogP contribution in [-0.4, -0.2) is 17.3 Å². The van der Waals surface area contributed by atoms with E-state index in [0.29, 0.717) is 17.8 Å². The maximum absolute atomic E-state index is 13.6. The van der Waals surface area contributed by atoms with Crippen molar-refractivity contribution in [2.75, 3.05) is 0 Å². The Morgan fingerprint density at radius 1 is 1.35 bits per heavy atom. The van der Waals surface area contributed by atoms with Crippen LogP contribution in [0.15, 0.2) is 27.7 Å². The van der Waals surface area contributed by atoms with Crippen LogP contribution in [0.3, 0.4) is 0 Å². The molecule has 0 amide bonds. The fraction of sp³-hybridized carbons (Fsp3) is 0.500. The number of amidine groups is 1. The van der Waals surface area contributed by atoms with Crippen LogP contribution < -0.4 is 5.32 Å². The summed E-state index contributed by atoms with van der Waals surface area (Å²) in [5, 5.41) is 4.46. The maximum Gasteiger partial charge on any atom is 0.157 e. The van der Waals surface area contributed by atoms with Crippen molar-refractivity contribution in [1.82, 2.24) is 5.32 Å². The third-order valence-corrected chi connectivity index (χ3v) is 5.14. The number of halogens is 3. The van der Waals surface area contributed by atoms with E-state index in [0.717, 1.165) is 15.2 Å². The lowest BCUT2D eigenvalue weighted by molar-refractivity contribution is 0.385. The molecule has 2 unspecified atom stereocenters. The normalized spacial score (nSPS) is 24.4. The van der Waals surface area contributed by atoms with Crippen LogP contribution in [0.25, 0.3) is 0 Å². The molecule has 6 heteroatoms. The maximum atomic E-state index is 13.6. The molecular formula is C14H17Br2FN2S. The Hall–Kier alpha value is -0.0700. The SMILES string of the molecule is Br.Fc1ccc(Br)cc1CSC1=NC2CCCCC2N1. The molecule has 2 atom stereocenters. The standard InChI is InChI=1S/C14H16BrFN2S.BrH/c15-10-5-6-11(16)9(7-10)8-19-14-17-12-3-1-2-4-13(12)18-14;/h5-7,12-13H,1-4,8H2,(H,17,18);1H. The molecular weight excluding hydrogens is 407 g/mol. The van der Waals surface area contributed by atoms with Crippen LogP contribution in [0.4, 0.5) is 4.39 Å². The van der Waals surface area contributed by atoms with Crippen LogP contribution in [0, 0.1) is 5.82 Å². The van der Waals surface area contributed by atoms with Gasteiger partial charge in [0.05, 0.1) is 12.1 Å². The summed E-state index contributed by atoms with van der Waals surface area (Å²) in [6.07, 6.45) is 4.98. The van der Waals surface area contributed by atoms with Crippen molar-refractivity contribution in [2.45, 2.75) is 43.5 Å². The lowest BCUT2D eigenvalue weighted by Gasteiger charge is -2.23. The van der Waals surface area contributed by atoms with Gasteiger partial charge in [0.15, 0.2) is 5.17 Å². The van der Waals surface area contributed by atoms with Crippen LogP contribution in [0.1, 0.15) is 31.2 Å². The van der Waals surface area contributed by atoms with Crippen LogP contribution in [0.5, 0.6) is 0 Å². The first-order chi connectivity index (χ1) is 9.22. The molecule has 2 nitrogen and oxygen atoms in total. The molecule has 0 saturated heterocycles. The van der Waals surface area contributed by atoms with Gasteiger partial charge in [-0.1, -0.05) is 40.5 Å². The third kappa shape index (κ3) is 3.77. The Kier molecular flexibility index (Phi) is 5.93. The number of benzene rings is 1. The molecule has 0 bridgehead atoms. The van der Waals surface area contributed by atoms with Gasteiger partial charge in [0.25, 0.3) is 0 Å². The molecule has 3 rings (SSSR count). The molecule has 0 spiro atoms. The van der Waals surface area contributed by atoms with E-state index in [1.165, 1.54) is 31.7 Å². The van der Waals surface area contributed by atoms with E-state index >= 15 is 0 Å². The van der Waals surface area contributed by atoms with Gasteiger partial charge in [0, 0.05) is 10.2 Å². The highest BCUT2D eigenvalue weighted by atomic mass is 79.9. The zero-order valence-corrected chi connectivity index (χ0v) is 15.1. The number of hydrogen-bond acceptors (Lipinski definition) is 3. The zero-order valence-electron chi connectivity index (χ0n) is 10.9. The average molecular weight is 424 g/mol. The number of nitrogens with zero attached hydrogens (tertiary/aromatic N) is 1. The molecule has 1 saturated carbocycles. The minimum absolute atomic E-state index is 0. The Morgan fingerprint density at radius 3 is 2.95 bits per heavy atom. The topological polar surface area (TPSA) is 24.4 Å². The van der Waals surface area contributed by atoms with E-state index in [1.54, 1.807) is 17.8 Å². The van der Waals surface area contributed by atoms with Gasteiger partial charge < -0.3 is 5.32 Å². The Labute approximate surface area is 141 Å². The van der Waals surface area contributed by atoms with Gasteiger partial charge in [-0.25, -0.2) is 4.39 Å². The summed E-state index contributed by atoms with van der Waals surface area (Å²) in [5.41, 5.74) is 0.721. The van der Waals surface area contributed by atoms with E-state index in [4.69, 9.17) is 4.99 Å². The first kappa shape index (κ1) is 16.3. The largest absolute Gasteiger partial charge is 0.360 e. The fourth-order valence-electron chi connectivity index (χ4n) is 2.66. The van der Waals surface area contributed by atoms with Gasteiger partial charge in [-0.15, -0.1) is 17.0 Å². The predicted octanol–water partition coefficient (Wildman–Crippen LogP) is 4.67. The number of rotatable bonds is 2. The molecule has 1 aromatic rings. The summed E-state index contributed by atoms with van der Waals surface area (Å²) in [7, 11) is 0. The van der Waals surface area contributed by atoms with Crippen molar-refractivity contribution in [3.8, 4) is 0 Å². The minimum atomic E-state index is -0.147. The Bertz CT molecular complexity index is 510. The van der Waals surface area contributed by atoms with Gasteiger partial charge in [-0.2, -0.15) is 0 Å². The van der Waals surface area contributed by atoms with Crippen molar-refractivity contribution in [3.63, 3.8) is 0 Å².